The number of carbonyl (C=O) groups is 2. The first kappa shape index (κ1) is 22.2. The van der Waals surface area contributed by atoms with Crippen LogP contribution in [0.1, 0.15) is 23.6 Å². The van der Waals surface area contributed by atoms with E-state index in [9.17, 15) is 9.59 Å². The lowest BCUT2D eigenvalue weighted by molar-refractivity contribution is -0.133. The van der Waals surface area contributed by atoms with E-state index in [2.05, 4.69) is 16.3 Å². The number of ether oxygens (including phenoxy) is 2. The van der Waals surface area contributed by atoms with Crippen molar-refractivity contribution in [3.05, 3.63) is 58.6 Å². The first-order valence-corrected chi connectivity index (χ1v) is 11.1. The highest BCUT2D eigenvalue weighted by atomic mass is 35.5. The van der Waals surface area contributed by atoms with E-state index in [0.29, 0.717) is 31.3 Å². The van der Waals surface area contributed by atoms with Crippen molar-refractivity contribution in [1.82, 2.24) is 15.1 Å². The number of urea groups is 1. The summed E-state index contributed by atoms with van der Waals surface area (Å²) in [5.41, 5.74) is 7.27. The predicted molar refractivity (Wildman–Crippen MR) is 121 cm³/mol. The van der Waals surface area contributed by atoms with Gasteiger partial charge in [-0.05, 0) is 35.4 Å². The molecule has 1 saturated heterocycles. The largest absolute Gasteiger partial charge is 0.486 e. The number of fused-ring (bicyclic) bond motifs is 1. The molecule has 3 N–H and O–H groups in total. The van der Waals surface area contributed by atoms with E-state index in [0.717, 1.165) is 42.3 Å². The van der Waals surface area contributed by atoms with Gasteiger partial charge in [-0.25, -0.2) is 4.79 Å². The number of rotatable bonds is 6. The Morgan fingerprint density at radius 3 is 2.38 bits per heavy atom. The van der Waals surface area contributed by atoms with Crippen LogP contribution in [-0.2, 0) is 11.3 Å². The van der Waals surface area contributed by atoms with Crippen molar-refractivity contribution in [3.8, 4) is 11.5 Å². The fraction of sp³-hybridized carbons (Fsp3) is 0.391. The van der Waals surface area contributed by atoms with Crippen LogP contribution in [0.2, 0.25) is 5.02 Å². The van der Waals surface area contributed by atoms with Gasteiger partial charge in [0.05, 0.1) is 12.5 Å². The molecule has 2 heterocycles. The van der Waals surface area contributed by atoms with Crippen LogP contribution in [0.3, 0.4) is 0 Å². The highest BCUT2D eigenvalue weighted by Gasteiger charge is 2.25. The average molecular weight is 459 g/mol. The Bertz CT molecular complexity index is 961. The second-order valence-corrected chi connectivity index (χ2v) is 8.39. The summed E-state index contributed by atoms with van der Waals surface area (Å²) in [6.07, 6.45) is 0.146. The average Bonchev–Trinajstić information content (AvgIpc) is 2.79. The lowest BCUT2D eigenvalue weighted by Crippen LogP contribution is -2.49. The Morgan fingerprint density at radius 1 is 1.00 bits per heavy atom. The van der Waals surface area contributed by atoms with E-state index in [1.807, 2.05) is 17.0 Å². The molecule has 4 rings (SSSR count). The molecule has 9 heteroatoms. The van der Waals surface area contributed by atoms with Crippen molar-refractivity contribution in [2.75, 3.05) is 39.4 Å². The van der Waals surface area contributed by atoms with E-state index >= 15 is 0 Å². The molecule has 1 atom stereocenters. The van der Waals surface area contributed by atoms with Gasteiger partial charge in [0.25, 0.3) is 0 Å². The highest BCUT2D eigenvalue weighted by Crippen LogP contribution is 2.31. The third kappa shape index (κ3) is 5.63. The van der Waals surface area contributed by atoms with Gasteiger partial charge < -0.3 is 25.4 Å². The summed E-state index contributed by atoms with van der Waals surface area (Å²) < 4.78 is 11.2. The van der Waals surface area contributed by atoms with Gasteiger partial charge in [0, 0.05) is 37.7 Å². The lowest BCUT2D eigenvalue weighted by atomic mass is 10.0. The van der Waals surface area contributed by atoms with E-state index in [-0.39, 0.29) is 12.3 Å². The van der Waals surface area contributed by atoms with Crippen molar-refractivity contribution < 1.29 is 19.1 Å². The molecule has 0 saturated carbocycles. The number of nitrogens with zero attached hydrogens (tertiary/aromatic N) is 2. The third-order valence-corrected chi connectivity index (χ3v) is 5.96. The van der Waals surface area contributed by atoms with Crippen molar-refractivity contribution >= 4 is 23.5 Å². The Labute approximate surface area is 192 Å². The minimum atomic E-state index is -0.665. The van der Waals surface area contributed by atoms with Crippen molar-refractivity contribution in [3.63, 3.8) is 0 Å². The quantitative estimate of drug-likeness (QED) is 0.693. The Kier molecular flexibility index (Phi) is 7.02. The summed E-state index contributed by atoms with van der Waals surface area (Å²) in [6, 6.07) is 11.9. The number of nitrogens with one attached hydrogen (secondary N) is 1. The fourth-order valence-corrected chi connectivity index (χ4v) is 4.15. The predicted octanol–water partition coefficient (Wildman–Crippen LogP) is 2.56. The SMILES string of the molecule is NC(=O)NC(CC(=O)N1CCN(Cc2ccc3c(c2)OCCO3)CC1)c1ccc(Cl)cc1. The van der Waals surface area contributed by atoms with Crippen LogP contribution in [0, 0.1) is 0 Å². The molecule has 0 spiro atoms. The maximum Gasteiger partial charge on any atom is 0.312 e. The molecule has 1 fully saturated rings. The van der Waals surface area contributed by atoms with Gasteiger partial charge in [0.15, 0.2) is 11.5 Å². The van der Waals surface area contributed by atoms with E-state index in [4.69, 9.17) is 26.8 Å². The monoisotopic (exact) mass is 458 g/mol. The summed E-state index contributed by atoms with van der Waals surface area (Å²) in [7, 11) is 0. The number of carbonyl (C=O) groups excluding carboxylic acids is 2. The second kappa shape index (κ2) is 10.1. The Hall–Kier alpha value is -2.97. The summed E-state index contributed by atoms with van der Waals surface area (Å²) >= 11 is 5.95. The van der Waals surface area contributed by atoms with Gasteiger partial charge in [-0.1, -0.05) is 29.8 Å². The third-order valence-electron chi connectivity index (χ3n) is 5.71. The van der Waals surface area contributed by atoms with Gasteiger partial charge in [0.1, 0.15) is 13.2 Å². The van der Waals surface area contributed by atoms with Crippen molar-refractivity contribution in [1.29, 1.82) is 0 Å². The van der Waals surface area contributed by atoms with E-state index in [1.165, 1.54) is 0 Å². The zero-order valence-corrected chi connectivity index (χ0v) is 18.5. The maximum absolute atomic E-state index is 12.9. The van der Waals surface area contributed by atoms with E-state index < -0.39 is 12.1 Å². The molecule has 1 unspecified atom stereocenters. The van der Waals surface area contributed by atoms with Crippen molar-refractivity contribution in [2.45, 2.75) is 19.0 Å². The van der Waals surface area contributed by atoms with Crippen LogP contribution in [0.5, 0.6) is 11.5 Å². The van der Waals surface area contributed by atoms with Crippen LogP contribution in [-0.4, -0.2) is 61.1 Å². The smallest absolute Gasteiger partial charge is 0.312 e. The zero-order chi connectivity index (χ0) is 22.5. The molecule has 0 bridgehead atoms. The second-order valence-electron chi connectivity index (χ2n) is 7.95. The Morgan fingerprint density at radius 2 is 1.69 bits per heavy atom. The summed E-state index contributed by atoms with van der Waals surface area (Å²) in [4.78, 5) is 28.5. The van der Waals surface area contributed by atoms with Gasteiger partial charge in [-0.2, -0.15) is 0 Å². The van der Waals surface area contributed by atoms with Crippen LogP contribution in [0.25, 0.3) is 0 Å². The molecule has 0 aromatic heterocycles. The molecule has 2 aliphatic heterocycles. The topological polar surface area (TPSA) is 97.1 Å². The molecule has 0 aliphatic carbocycles. The lowest BCUT2D eigenvalue weighted by Gasteiger charge is -2.35. The number of nitrogens with two attached hydrogens (primary N) is 1. The molecule has 3 amide bonds. The van der Waals surface area contributed by atoms with Crippen LogP contribution in [0.4, 0.5) is 4.79 Å². The number of amides is 3. The number of primary amides is 1. The van der Waals surface area contributed by atoms with E-state index in [1.54, 1.807) is 24.3 Å². The number of halogens is 1. The molecule has 170 valence electrons. The van der Waals surface area contributed by atoms with Crippen molar-refractivity contribution in [2.24, 2.45) is 5.73 Å². The van der Waals surface area contributed by atoms with Gasteiger partial charge in [-0.15, -0.1) is 0 Å². The standard InChI is InChI=1S/C23H27ClN4O4/c24-18-4-2-17(3-5-18)19(26-23(25)30)14-22(29)28-9-7-27(8-10-28)15-16-1-6-20-21(13-16)32-12-11-31-20/h1-6,13,19H,7-12,14-15H2,(H3,25,26,30). The fourth-order valence-electron chi connectivity index (χ4n) is 4.02. The molecule has 2 aromatic carbocycles. The minimum Gasteiger partial charge on any atom is -0.486 e. The van der Waals surface area contributed by atoms with Crippen LogP contribution in [0.15, 0.2) is 42.5 Å². The normalized spacial score (nSPS) is 17.0. The summed E-state index contributed by atoms with van der Waals surface area (Å²) in [6.45, 7) is 4.75. The minimum absolute atomic E-state index is 0.0160. The number of benzene rings is 2. The van der Waals surface area contributed by atoms with Crippen LogP contribution >= 0.6 is 11.6 Å². The molecule has 2 aliphatic rings. The highest BCUT2D eigenvalue weighted by molar-refractivity contribution is 6.30. The Balaban J connectivity index is 1.31. The van der Waals surface area contributed by atoms with Gasteiger partial charge in [0.2, 0.25) is 5.91 Å². The number of hydrogen-bond donors (Lipinski definition) is 2. The van der Waals surface area contributed by atoms with Gasteiger partial charge >= 0.3 is 6.03 Å². The number of hydrogen-bond acceptors (Lipinski definition) is 5. The first-order chi connectivity index (χ1) is 15.5. The maximum atomic E-state index is 12.9. The summed E-state index contributed by atoms with van der Waals surface area (Å²) in [5.74, 6) is 1.56. The first-order valence-electron chi connectivity index (χ1n) is 10.7. The van der Waals surface area contributed by atoms with Crippen LogP contribution < -0.4 is 20.5 Å². The molecule has 0 radical (unpaired) electrons. The number of piperazine rings is 1. The van der Waals surface area contributed by atoms with Gasteiger partial charge in [-0.3, -0.25) is 9.69 Å². The molecule has 8 nitrogen and oxygen atoms in total. The summed E-state index contributed by atoms with van der Waals surface area (Å²) in [5, 5.41) is 3.26. The molecular weight excluding hydrogens is 432 g/mol. The molecule has 32 heavy (non-hydrogen) atoms. The molecule has 2 aromatic rings. The zero-order valence-electron chi connectivity index (χ0n) is 17.8. The molecular formula is C23H27ClN4O4.